The van der Waals surface area contributed by atoms with Crippen LogP contribution in [0.5, 0.6) is 11.5 Å². The second kappa shape index (κ2) is 14.3. The smallest absolute Gasteiger partial charge is 0.454 e. The van der Waals surface area contributed by atoms with Gasteiger partial charge in [0.25, 0.3) is 11.6 Å². The summed E-state index contributed by atoms with van der Waals surface area (Å²) in [6.07, 6.45) is -0.648. The lowest BCUT2D eigenvalue weighted by Crippen LogP contribution is -2.19. The highest BCUT2D eigenvalue weighted by Gasteiger charge is 2.36. The van der Waals surface area contributed by atoms with Crippen molar-refractivity contribution in [3.8, 4) is 11.5 Å². The lowest BCUT2D eigenvalue weighted by atomic mass is 10.2. The Morgan fingerprint density at radius 1 is 0.583 bits per heavy atom. The van der Waals surface area contributed by atoms with Gasteiger partial charge in [-0.25, -0.2) is 0 Å². The lowest BCUT2D eigenvalue weighted by Gasteiger charge is -1.99. The standard InChI is InChI=1S/2C13H11F3O2/c2*1-18-11-8-6-10(7-9-11)4-2-3-5-12(17)13(14,15)16/h2*2-9H,1H3/b2*4-2+,5-3+. The first-order valence-corrected chi connectivity index (χ1v) is 10.1. The maximum absolute atomic E-state index is 11.8. The van der Waals surface area contributed by atoms with E-state index in [0.29, 0.717) is 23.7 Å². The molecule has 0 saturated heterocycles. The molecule has 192 valence electrons. The van der Waals surface area contributed by atoms with Crippen molar-refractivity contribution >= 4 is 23.7 Å². The Balaban J connectivity index is 0.000000360. The summed E-state index contributed by atoms with van der Waals surface area (Å²) in [6, 6.07) is 13.9. The van der Waals surface area contributed by atoms with Crippen molar-refractivity contribution in [2.75, 3.05) is 14.2 Å². The quantitative estimate of drug-likeness (QED) is 0.222. The summed E-state index contributed by atoms with van der Waals surface area (Å²) >= 11 is 0. The number of halogens is 6. The van der Waals surface area contributed by atoms with Crippen molar-refractivity contribution in [1.82, 2.24) is 0 Å². The monoisotopic (exact) mass is 512 g/mol. The van der Waals surface area contributed by atoms with E-state index in [1.165, 1.54) is 26.4 Å². The highest BCUT2D eigenvalue weighted by atomic mass is 19.4. The van der Waals surface area contributed by atoms with Crippen LogP contribution in [0.3, 0.4) is 0 Å². The van der Waals surface area contributed by atoms with E-state index < -0.39 is 23.9 Å². The van der Waals surface area contributed by atoms with Gasteiger partial charge in [-0.2, -0.15) is 26.3 Å². The lowest BCUT2D eigenvalue weighted by molar-refractivity contribution is -0.165. The maximum Gasteiger partial charge on any atom is 0.454 e. The number of hydrogen-bond acceptors (Lipinski definition) is 4. The number of rotatable bonds is 8. The number of allylic oxidation sites excluding steroid dienone is 6. The van der Waals surface area contributed by atoms with Crippen molar-refractivity contribution in [1.29, 1.82) is 0 Å². The Morgan fingerprint density at radius 2 is 0.889 bits per heavy atom. The van der Waals surface area contributed by atoms with Gasteiger partial charge in [0, 0.05) is 0 Å². The van der Waals surface area contributed by atoms with E-state index in [1.54, 1.807) is 60.7 Å². The first-order valence-electron chi connectivity index (χ1n) is 10.1. The first kappa shape index (κ1) is 30.0. The van der Waals surface area contributed by atoms with Gasteiger partial charge in [0.1, 0.15) is 11.5 Å². The van der Waals surface area contributed by atoms with Crippen LogP contribution in [0.25, 0.3) is 12.2 Å². The zero-order valence-electron chi connectivity index (χ0n) is 19.1. The average molecular weight is 512 g/mol. The SMILES string of the molecule is COc1ccc(/C=C/C=C/C(=O)C(F)(F)F)cc1.COc1ccc(/C=C/C=C/C(=O)C(F)(F)F)cc1. The zero-order valence-corrected chi connectivity index (χ0v) is 19.1. The van der Waals surface area contributed by atoms with Crippen LogP contribution in [0.4, 0.5) is 26.3 Å². The van der Waals surface area contributed by atoms with Crippen LogP contribution < -0.4 is 9.47 Å². The number of benzene rings is 2. The third-order valence-corrected chi connectivity index (χ3v) is 4.09. The van der Waals surface area contributed by atoms with Gasteiger partial charge in [-0.1, -0.05) is 60.7 Å². The van der Waals surface area contributed by atoms with E-state index in [1.807, 2.05) is 0 Å². The zero-order chi connectivity index (χ0) is 27.2. The molecule has 0 fully saturated rings. The summed E-state index contributed by atoms with van der Waals surface area (Å²) in [4.78, 5) is 21.0. The largest absolute Gasteiger partial charge is 0.497 e. The average Bonchev–Trinajstić information content (AvgIpc) is 2.84. The van der Waals surface area contributed by atoms with Gasteiger partial charge >= 0.3 is 12.4 Å². The van der Waals surface area contributed by atoms with Gasteiger partial charge in [0.2, 0.25) is 0 Å². The van der Waals surface area contributed by atoms with Crippen molar-refractivity contribution in [3.63, 3.8) is 0 Å². The highest BCUT2D eigenvalue weighted by molar-refractivity contribution is 5.95. The number of alkyl halides is 6. The fourth-order valence-electron chi connectivity index (χ4n) is 2.24. The number of hydrogen-bond donors (Lipinski definition) is 0. The molecule has 2 aromatic rings. The molecule has 0 amide bonds. The minimum absolute atomic E-state index is 0.486. The van der Waals surface area contributed by atoms with Gasteiger partial charge in [0.05, 0.1) is 14.2 Å². The molecular weight excluding hydrogens is 490 g/mol. The number of ether oxygens (including phenoxy) is 2. The molecule has 2 aromatic carbocycles. The summed E-state index contributed by atoms with van der Waals surface area (Å²) in [5.74, 6) is -2.37. The van der Waals surface area contributed by atoms with E-state index in [-0.39, 0.29) is 0 Å². The van der Waals surface area contributed by atoms with Crippen molar-refractivity contribution in [2.24, 2.45) is 0 Å². The molecule has 36 heavy (non-hydrogen) atoms. The van der Waals surface area contributed by atoms with Gasteiger partial charge in [0.15, 0.2) is 0 Å². The van der Waals surface area contributed by atoms with Crippen molar-refractivity contribution in [3.05, 3.63) is 96.1 Å². The third-order valence-electron chi connectivity index (χ3n) is 4.09. The summed E-state index contributed by atoms with van der Waals surface area (Å²) in [5.41, 5.74) is 1.58. The molecule has 0 atom stereocenters. The predicted octanol–water partition coefficient (Wildman–Crippen LogP) is 6.79. The van der Waals surface area contributed by atoms with Crippen LogP contribution in [0.15, 0.2) is 85.0 Å². The number of carbonyl (C=O) groups excluding carboxylic acids is 2. The van der Waals surface area contributed by atoms with Gasteiger partial charge in [-0.05, 0) is 47.5 Å². The van der Waals surface area contributed by atoms with E-state index in [9.17, 15) is 35.9 Å². The summed E-state index contributed by atoms with van der Waals surface area (Å²) < 4.78 is 81.0. The van der Waals surface area contributed by atoms with Gasteiger partial charge in [-0.15, -0.1) is 0 Å². The first-order chi connectivity index (χ1) is 16.9. The number of ketones is 2. The van der Waals surface area contributed by atoms with Crippen molar-refractivity contribution in [2.45, 2.75) is 12.4 Å². The molecule has 0 saturated carbocycles. The van der Waals surface area contributed by atoms with Gasteiger partial charge in [-0.3, -0.25) is 9.59 Å². The number of carbonyl (C=O) groups is 2. The van der Waals surface area contributed by atoms with E-state index in [0.717, 1.165) is 23.3 Å². The van der Waals surface area contributed by atoms with Crippen LogP contribution in [0, 0.1) is 0 Å². The molecule has 4 nitrogen and oxygen atoms in total. The molecule has 0 aliphatic heterocycles. The predicted molar refractivity (Wildman–Crippen MR) is 124 cm³/mol. The topological polar surface area (TPSA) is 52.6 Å². The fraction of sp³-hybridized carbons (Fsp3) is 0.154. The molecule has 0 aliphatic rings. The number of methoxy groups -OCH3 is 2. The molecular formula is C26H22F6O4. The molecule has 10 heteroatoms. The van der Waals surface area contributed by atoms with Crippen LogP contribution in [-0.4, -0.2) is 38.1 Å². The molecule has 0 aliphatic carbocycles. The Morgan fingerprint density at radius 3 is 1.14 bits per heavy atom. The van der Waals surface area contributed by atoms with Crippen LogP contribution in [0.2, 0.25) is 0 Å². The maximum atomic E-state index is 11.8. The molecule has 0 bridgehead atoms. The summed E-state index contributed by atoms with van der Waals surface area (Å²) in [5, 5.41) is 0. The summed E-state index contributed by atoms with van der Waals surface area (Å²) in [6.45, 7) is 0. The molecule has 0 heterocycles. The van der Waals surface area contributed by atoms with E-state index >= 15 is 0 Å². The van der Waals surface area contributed by atoms with Gasteiger partial charge < -0.3 is 9.47 Å². The molecule has 0 N–H and O–H groups in total. The Hall–Kier alpha value is -4.08. The minimum Gasteiger partial charge on any atom is -0.497 e. The molecule has 0 aromatic heterocycles. The van der Waals surface area contributed by atoms with Crippen LogP contribution in [0.1, 0.15) is 11.1 Å². The molecule has 0 radical (unpaired) electrons. The minimum atomic E-state index is -4.82. The fourth-order valence-corrected chi connectivity index (χ4v) is 2.24. The van der Waals surface area contributed by atoms with Crippen LogP contribution in [-0.2, 0) is 9.59 Å². The summed E-state index contributed by atoms with van der Waals surface area (Å²) in [7, 11) is 3.08. The Labute approximate surface area is 203 Å². The Kier molecular flexibility index (Phi) is 11.9. The Bertz CT molecular complexity index is 1000. The third kappa shape index (κ3) is 11.9. The van der Waals surface area contributed by atoms with E-state index in [2.05, 4.69) is 0 Å². The van der Waals surface area contributed by atoms with Crippen molar-refractivity contribution < 1.29 is 45.4 Å². The molecule has 0 spiro atoms. The molecule has 0 unspecified atom stereocenters. The highest BCUT2D eigenvalue weighted by Crippen LogP contribution is 2.17. The van der Waals surface area contributed by atoms with Crippen LogP contribution >= 0.6 is 0 Å². The van der Waals surface area contributed by atoms with E-state index in [4.69, 9.17) is 9.47 Å². The molecule has 2 rings (SSSR count). The normalized spacial score (nSPS) is 12.2. The second-order valence-corrected chi connectivity index (χ2v) is 6.71. The second-order valence-electron chi connectivity index (χ2n) is 6.71.